The second kappa shape index (κ2) is 8.17. The Kier molecular flexibility index (Phi) is 5.46. The lowest BCUT2D eigenvalue weighted by molar-refractivity contribution is -0.151. The molecule has 1 fully saturated rings. The molecular weight excluding hydrogens is 378 g/mol. The molecule has 28 heavy (non-hydrogen) atoms. The number of hydrogen-bond acceptors (Lipinski definition) is 4. The Morgan fingerprint density at radius 3 is 2.61 bits per heavy atom. The molecule has 2 aromatic carbocycles. The van der Waals surface area contributed by atoms with Crippen LogP contribution in [0.25, 0.3) is 22.2 Å². The highest BCUT2D eigenvalue weighted by Gasteiger charge is 2.34. The first-order chi connectivity index (χ1) is 13.6. The number of benzene rings is 2. The van der Waals surface area contributed by atoms with Crippen molar-refractivity contribution in [1.82, 2.24) is 4.98 Å². The van der Waals surface area contributed by atoms with E-state index < -0.39 is 5.97 Å². The van der Waals surface area contributed by atoms with Crippen molar-refractivity contribution in [3.05, 3.63) is 59.6 Å². The number of aromatic nitrogens is 1. The Hall–Kier alpha value is -2.63. The van der Waals surface area contributed by atoms with Gasteiger partial charge in [0.25, 0.3) is 0 Å². The summed E-state index contributed by atoms with van der Waals surface area (Å²) in [5.74, 6) is -0.236. The van der Waals surface area contributed by atoms with E-state index in [0.29, 0.717) is 31.1 Å². The number of carbonyl (C=O) groups is 1. The van der Waals surface area contributed by atoms with Crippen molar-refractivity contribution in [1.29, 1.82) is 0 Å². The number of para-hydroxylation sites is 1. The molecule has 6 heteroatoms. The van der Waals surface area contributed by atoms with E-state index >= 15 is 0 Å². The van der Waals surface area contributed by atoms with Crippen LogP contribution in [-0.2, 0) is 9.53 Å². The Balaban J connectivity index is 1.31. The molecule has 5 nitrogen and oxygen atoms in total. The Bertz CT molecular complexity index is 983. The van der Waals surface area contributed by atoms with Crippen LogP contribution in [0.4, 0.5) is 0 Å². The minimum Gasteiger partial charge on any atom is -0.491 e. The lowest BCUT2D eigenvalue weighted by atomic mass is 9.82. The lowest BCUT2D eigenvalue weighted by Crippen LogP contribution is -2.36. The van der Waals surface area contributed by atoms with E-state index in [4.69, 9.17) is 26.2 Å². The van der Waals surface area contributed by atoms with Crippen LogP contribution in [0.15, 0.2) is 54.6 Å². The highest BCUT2D eigenvalue weighted by atomic mass is 35.5. The maximum Gasteiger partial charge on any atom is 0.306 e. The summed E-state index contributed by atoms with van der Waals surface area (Å²) in [6.45, 7) is 0.876. The largest absolute Gasteiger partial charge is 0.491 e. The van der Waals surface area contributed by atoms with Crippen molar-refractivity contribution in [3.8, 4) is 17.0 Å². The van der Waals surface area contributed by atoms with E-state index in [2.05, 4.69) is 4.98 Å². The van der Waals surface area contributed by atoms with Gasteiger partial charge in [0.05, 0.1) is 34.9 Å². The van der Waals surface area contributed by atoms with Crippen LogP contribution in [0.2, 0.25) is 5.02 Å². The number of aliphatic carboxylic acids is 1. The summed E-state index contributed by atoms with van der Waals surface area (Å²) in [6.07, 6.45) is 1.22. The zero-order valence-electron chi connectivity index (χ0n) is 15.2. The number of nitrogens with zero attached hydrogens (tertiary/aromatic N) is 1. The molecule has 1 heterocycles. The average molecular weight is 398 g/mol. The first-order valence-corrected chi connectivity index (χ1v) is 9.61. The van der Waals surface area contributed by atoms with Crippen molar-refractivity contribution < 1.29 is 19.4 Å². The molecule has 0 aliphatic heterocycles. The van der Waals surface area contributed by atoms with E-state index in [-0.39, 0.29) is 12.0 Å². The van der Waals surface area contributed by atoms with E-state index in [9.17, 15) is 4.79 Å². The summed E-state index contributed by atoms with van der Waals surface area (Å²) in [5, 5.41) is 10.5. The maximum absolute atomic E-state index is 10.8. The first kappa shape index (κ1) is 18.7. The van der Waals surface area contributed by atoms with E-state index in [1.165, 1.54) is 0 Å². The van der Waals surface area contributed by atoms with Gasteiger partial charge < -0.3 is 14.6 Å². The maximum atomic E-state index is 10.8. The normalized spacial score (nSPS) is 18.6. The van der Waals surface area contributed by atoms with Gasteiger partial charge in [-0.2, -0.15) is 0 Å². The van der Waals surface area contributed by atoms with E-state index in [0.717, 1.165) is 27.9 Å². The number of ether oxygens (including phenoxy) is 2. The average Bonchev–Trinajstić information content (AvgIpc) is 2.66. The van der Waals surface area contributed by atoms with Gasteiger partial charge in [-0.05, 0) is 49.2 Å². The van der Waals surface area contributed by atoms with Gasteiger partial charge in [0.2, 0.25) is 0 Å². The van der Waals surface area contributed by atoms with Gasteiger partial charge in [0.1, 0.15) is 12.4 Å². The second-order valence-electron chi connectivity index (χ2n) is 6.88. The second-order valence-corrected chi connectivity index (χ2v) is 7.29. The van der Waals surface area contributed by atoms with Crippen molar-refractivity contribution >= 4 is 28.5 Å². The fraction of sp³-hybridized carbons (Fsp3) is 0.273. The number of carboxylic acids is 1. The van der Waals surface area contributed by atoms with Crippen molar-refractivity contribution in [3.63, 3.8) is 0 Å². The van der Waals surface area contributed by atoms with Gasteiger partial charge in [-0.1, -0.05) is 29.8 Å². The topological polar surface area (TPSA) is 68.7 Å². The summed E-state index contributed by atoms with van der Waals surface area (Å²) >= 11 is 6.25. The number of rotatable bonds is 7. The molecule has 144 valence electrons. The Morgan fingerprint density at radius 2 is 1.86 bits per heavy atom. The third-order valence-electron chi connectivity index (χ3n) is 4.97. The van der Waals surface area contributed by atoms with Gasteiger partial charge in [-0.15, -0.1) is 0 Å². The number of pyridine rings is 1. The standard InChI is InChI=1S/C22H20ClNO4/c23-19-3-1-2-15-6-9-20(24-21(15)19)14-4-7-17(8-5-14)27-10-11-28-18-12-16(13-18)22(25)26/h1-9,16,18H,10-13H2,(H,25,26). The quantitative estimate of drug-likeness (QED) is 0.579. The molecule has 0 unspecified atom stereocenters. The molecule has 1 aromatic heterocycles. The Morgan fingerprint density at radius 1 is 1.07 bits per heavy atom. The van der Waals surface area contributed by atoms with Crippen molar-refractivity contribution in [2.24, 2.45) is 5.92 Å². The third-order valence-corrected chi connectivity index (χ3v) is 5.28. The molecule has 0 saturated heterocycles. The fourth-order valence-corrected chi connectivity index (χ4v) is 3.50. The SMILES string of the molecule is O=C(O)C1CC(OCCOc2ccc(-c3ccc4cccc(Cl)c4n3)cc2)C1. The third kappa shape index (κ3) is 4.11. The molecule has 3 aromatic rings. The Labute approximate surface area is 167 Å². The van der Waals surface area contributed by atoms with Crippen LogP contribution in [0.5, 0.6) is 5.75 Å². The first-order valence-electron chi connectivity index (χ1n) is 9.23. The number of halogens is 1. The molecule has 0 amide bonds. The van der Waals surface area contributed by atoms with E-state index in [1.807, 2.05) is 54.6 Å². The number of carboxylic acid groups (broad SMARTS) is 1. The highest BCUT2D eigenvalue weighted by molar-refractivity contribution is 6.35. The molecular formula is C22H20ClNO4. The minimum absolute atomic E-state index is 0.0397. The molecule has 0 spiro atoms. The summed E-state index contributed by atoms with van der Waals surface area (Å²) in [7, 11) is 0. The summed E-state index contributed by atoms with van der Waals surface area (Å²) in [6, 6.07) is 17.5. The number of hydrogen-bond donors (Lipinski definition) is 1. The van der Waals surface area contributed by atoms with E-state index in [1.54, 1.807) is 0 Å². The van der Waals surface area contributed by atoms with Gasteiger partial charge in [0, 0.05) is 10.9 Å². The summed E-state index contributed by atoms with van der Waals surface area (Å²) < 4.78 is 11.3. The highest BCUT2D eigenvalue weighted by Crippen LogP contribution is 2.30. The predicted octanol–water partition coefficient (Wildman–Crippen LogP) is 4.81. The number of fused-ring (bicyclic) bond motifs is 1. The van der Waals surface area contributed by atoms with Gasteiger partial charge >= 0.3 is 5.97 Å². The molecule has 1 N–H and O–H groups in total. The zero-order chi connectivity index (χ0) is 19.5. The van der Waals surface area contributed by atoms with Crippen molar-refractivity contribution in [2.45, 2.75) is 18.9 Å². The van der Waals surface area contributed by atoms with Gasteiger partial charge in [0.15, 0.2) is 0 Å². The van der Waals surface area contributed by atoms with Crippen LogP contribution in [-0.4, -0.2) is 35.4 Å². The molecule has 0 radical (unpaired) electrons. The van der Waals surface area contributed by atoms with Crippen LogP contribution < -0.4 is 4.74 Å². The fourth-order valence-electron chi connectivity index (χ4n) is 3.27. The summed E-state index contributed by atoms with van der Waals surface area (Å²) in [4.78, 5) is 15.4. The minimum atomic E-state index is -0.737. The zero-order valence-corrected chi connectivity index (χ0v) is 15.9. The molecule has 4 rings (SSSR count). The molecule has 1 saturated carbocycles. The van der Waals surface area contributed by atoms with Crippen molar-refractivity contribution in [2.75, 3.05) is 13.2 Å². The summed E-state index contributed by atoms with van der Waals surface area (Å²) in [5.41, 5.74) is 2.63. The van der Waals surface area contributed by atoms with Crippen LogP contribution in [0, 0.1) is 5.92 Å². The van der Waals surface area contributed by atoms with Crippen LogP contribution in [0.1, 0.15) is 12.8 Å². The van der Waals surface area contributed by atoms with Crippen LogP contribution >= 0.6 is 11.6 Å². The van der Waals surface area contributed by atoms with Crippen LogP contribution in [0.3, 0.4) is 0 Å². The monoisotopic (exact) mass is 397 g/mol. The molecule has 0 atom stereocenters. The van der Waals surface area contributed by atoms with Gasteiger partial charge in [-0.25, -0.2) is 4.98 Å². The molecule has 1 aliphatic carbocycles. The lowest BCUT2D eigenvalue weighted by Gasteiger charge is -2.31. The molecule has 1 aliphatic rings. The molecule has 0 bridgehead atoms. The smallest absolute Gasteiger partial charge is 0.306 e. The van der Waals surface area contributed by atoms with Gasteiger partial charge in [-0.3, -0.25) is 4.79 Å². The predicted molar refractivity (Wildman–Crippen MR) is 108 cm³/mol.